The molecule has 69 heavy (non-hydrogen) atoms. The van der Waals surface area contributed by atoms with Crippen LogP contribution < -0.4 is 42.4 Å². The minimum atomic E-state index is -3.23. The molecule has 0 N–H and O–H groups in total. The average molecular weight is 1160 g/mol. The molecule has 0 fully saturated rings. The fourth-order valence-electron chi connectivity index (χ4n) is 6.40. The van der Waals surface area contributed by atoms with E-state index >= 15 is 0 Å². The van der Waals surface area contributed by atoms with Crippen LogP contribution in [0.3, 0.4) is 0 Å². The van der Waals surface area contributed by atoms with Crippen molar-refractivity contribution in [3.8, 4) is 0 Å². The minimum absolute atomic E-state index is 0. The number of amides is 2. The smallest absolute Gasteiger partial charge is 2.00 e. The van der Waals surface area contributed by atoms with Crippen molar-refractivity contribution in [2.24, 2.45) is 9.03 Å². The minimum Gasteiger partial charge on any atom is 2.00 e. The van der Waals surface area contributed by atoms with E-state index in [9.17, 15) is 18.7 Å². The van der Waals surface area contributed by atoms with E-state index in [0.29, 0.717) is 0 Å². The Bertz CT molecular complexity index is 2610. The van der Waals surface area contributed by atoms with Crippen LogP contribution in [0.15, 0.2) is 252 Å². The van der Waals surface area contributed by atoms with Crippen molar-refractivity contribution < 1.29 is 35.5 Å². The first kappa shape index (κ1) is 56.8. The zero-order valence-electron chi connectivity index (χ0n) is 38.6. The monoisotopic (exact) mass is 1170 g/mol. The molecule has 0 saturated heterocycles. The van der Waals surface area contributed by atoms with Crippen LogP contribution >= 0.6 is 26.1 Å². The molecule has 0 atom stereocenters. The van der Waals surface area contributed by atoms with Crippen molar-refractivity contribution >= 4 is 112 Å². The molecule has 0 aliphatic heterocycles. The van der Waals surface area contributed by atoms with Gasteiger partial charge < -0.3 is 9.80 Å². The van der Waals surface area contributed by atoms with Crippen LogP contribution in [0.4, 0.5) is 0 Å². The Morgan fingerprint density at radius 2 is 0.449 bits per heavy atom. The Morgan fingerprint density at radius 1 is 0.319 bits per heavy atom. The second kappa shape index (κ2) is 28.1. The van der Waals surface area contributed by atoms with Crippen LogP contribution in [0, 0.1) is 0 Å². The van der Waals surface area contributed by atoms with E-state index in [1.165, 1.54) is 9.80 Å². The van der Waals surface area contributed by atoms with Gasteiger partial charge in [0.05, 0.1) is 0 Å². The van der Waals surface area contributed by atoms with E-state index in [2.05, 4.69) is 79.7 Å². The number of nitrogens with zero attached hydrogens (tertiary/aromatic N) is 4. The standard InChI is InChI=1S/2C24H20NOP2Se.2C3H7NO.Co/c2*26-27(21-13-5-1-6-14-21,22-15-7-2-8-16-22)25-28(29,23-17-9-3-10-18-23)24-19-11-4-12-20-24;2*1-4(2)3-5;/h2*1-20H;2*3H,1-2H3;/q2*-1;;;+2. The molecule has 2 amide bonds. The first-order chi connectivity index (χ1) is 32.8. The van der Waals surface area contributed by atoms with Gasteiger partial charge in [-0.05, 0) is 0 Å². The molecule has 8 aromatic carbocycles. The summed E-state index contributed by atoms with van der Waals surface area (Å²) in [6, 6.07) is 79.1. The van der Waals surface area contributed by atoms with Crippen molar-refractivity contribution in [3.63, 3.8) is 0 Å². The third kappa shape index (κ3) is 15.6. The summed E-state index contributed by atoms with van der Waals surface area (Å²) in [6.45, 7) is 0. The first-order valence-corrected chi connectivity index (χ1v) is 32.6. The molecule has 0 heterocycles. The Labute approximate surface area is 434 Å². The van der Waals surface area contributed by atoms with Gasteiger partial charge in [-0.25, -0.2) is 0 Å². The van der Waals surface area contributed by atoms with E-state index in [1.807, 2.05) is 194 Å². The maximum Gasteiger partial charge on any atom is 2.00 e. The molecular weight excluding hydrogens is 1110 g/mol. The van der Waals surface area contributed by atoms with E-state index in [0.717, 1.165) is 55.3 Å². The fourth-order valence-corrected chi connectivity index (χ4v) is 25.3. The predicted molar refractivity (Wildman–Crippen MR) is 294 cm³/mol. The maximum atomic E-state index is 14.6. The van der Waals surface area contributed by atoms with Gasteiger partial charge in [-0.15, -0.1) is 0 Å². The molecular formula is C54H54CoN4O4P4Se2. The third-order valence-corrected chi connectivity index (χ3v) is 29.9. The maximum absolute atomic E-state index is 14.6. The van der Waals surface area contributed by atoms with Crippen molar-refractivity contribution in [2.45, 2.75) is 0 Å². The van der Waals surface area contributed by atoms with Crippen molar-refractivity contribution in [2.75, 3.05) is 28.2 Å². The van der Waals surface area contributed by atoms with Gasteiger partial charge in [-0.3, -0.25) is 9.59 Å². The molecule has 0 aliphatic carbocycles. The van der Waals surface area contributed by atoms with Crippen LogP contribution in [0.5, 0.6) is 0 Å². The zero-order valence-corrected chi connectivity index (χ0v) is 46.7. The summed E-state index contributed by atoms with van der Waals surface area (Å²) in [4.78, 5) is 21.8. The van der Waals surface area contributed by atoms with E-state index in [1.54, 1.807) is 28.2 Å². The number of benzene rings is 8. The molecule has 355 valence electrons. The largest absolute Gasteiger partial charge is 2.00 e. The Morgan fingerprint density at radius 3 is 0.580 bits per heavy atom. The van der Waals surface area contributed by atoms with Gasteiger partial charge in [-0.2, -0.15) is 0 Å². The van der Waals surface area contributed by atoms with Crippen molar-refractivity contribution in [1.29, 1.82) is 0 Å². The number of carbonyl (C=O) groups is 2. The van der Waals surface area contributed by atoms with Gasteiger partial charge >= 0.3 is 377 Å². The summed E-state index contributed by atoms with van der Waals surface area (Å²) in [6.07, 6.45) is 1.50. The Hall–Kier alpha value is -4.83. The van der Waals surface area contributed by atoms with Gasteiger partial charge in [0.15, 0.2) is 0 Å². The normalized spacial score (nSPS) is 10.9. The van der Waals surface area contributed by atoms with Gasteiger partial charge in [0.2, 0.25) is 12.8 Å². The van der Waals surface area contributed by atoms with Crippen LogP contribution in [0.2, 0.25) is 0 Å². The van der Waals surface area contributed by atoms with E-state index in [4.69, 9.17) is 9.03 Å². The van der Waals surface area contributed by atoms with E-state index in [-0.39, 0.29) is 16.8 Å². The van der Waals surface area contributed by atoms with E-state index < -0.39 is 26.1 Å². The molecule has 0 bridgehead atoms. The quantitative estimate of drug-likeness (QED) is 0.0693. The van der Waals surface area contributed by atoms with Gasteiger partial charge in [0.25, 0.3) is 0 Å². The molecule has 8 rings (SSSR count). The van der Waals surface area contributed by atoms with Gasteiger partial charge in [-0.1, -0.05) is 0 Å². The van der Waals surface area contributed by atoms with Gasteiger partial charge in [0.1, 0.15) is 0 Å². The van der Waals surface area contributed by atoms with Crippen LogP contribution in [0.25, 0.3) is 0 Å². The zero-order chi connectivity index (χ0) is 48.9. The van der Waals surface area contributed by atoms with Crippen LogP contribution in [0.1, 0.15) is 0 Å². The number of carbonyl (C=O) groups excluding carboxylic acids is 2. The molecule has 15 heteroatoms. The second-order valence-corrected chi connectivity index (χ2v) is 32.1. The molecule has 8 nitrogen and oxygen atoms in total. The molecule has 0 spiro atoms. The van der Waals surface area contributed by atoms with Gasteiger partial charge in [0, 0.05) is 28.2 Å². The molecule has 0 aromatic heterocycles. The second-order valence-electron chi connectivity index (χ2n) is 15.3. The molecule has 0 aliphatic rings. The average Bonchev–Trinajstić information content (AvgIpc) is 3.41. The SMILES string of the molecule is CN(C)C=O.CN(C)C=O.O=P(N=P([Se-])(c1ccccc1)c1ccccc1)(c1ccccc1)c1ccccc1.O=P(N=P([Se-])(c1ccccc1)c1ccccc1)(c1ccccc1)c1ccccc1.[Co+2]. The van der Waals surface area contributed by atoms with Crippen molar-refractivity contribution in [1.82, 2.24) is 9.80 Å². The van der Waals surface area contributed by atoms with Crippen molar-refractivity contribution in [3.05, 3.63) is 243 Å². The topological polar surface area (TPSA) is 99.5 Å². The summed E-state index contributed by atoms with van der Waals surface area (Å²) in [5.41, 5.74) is 0. The first-order valence-electron chi connectivity index (χ1n) is 21.4. The Balaban J connectivity index is 0.000000248. The molecule has 0 saturated carbocycles. The molecule has 0 unspecified atom stereocenters. The summed E-state index contributed by atoms with van der Waals surface area (Å²) < 4.78 is 39.7. The summed E-state index contributed by atoms with van der Waals surface area (Å²) in [5, 5.41) is 7.26. The molecule has 1 radical (unpaired) electrons. The number of rotatable bonds is 12. The predicted octanol–water partition coefficient (Wildman–Crippen LogP) is 9.11. The molecule has 8 aromatic rings. The van der Waals surface area contributed by atoms with Crippen LogP contribution in [-0.4, -0.2) is 82.0 Å². The number of hydrogen-bond acceptors (Lipinski definition) is 4. The fraction of sp³-hybridized carbons (Fsp3) is 0.0741. The van der Waals surface area contributed by atoms with Crippen LogP contribution in [-0.2, 0) is 35.5 Å². The Kier molecular flexibility index (Phi) is 23.1. The summed E-state index contributed by atoms with van der Waals surface area (Å²) in [5.74, 6) is -4.78. The number of hydrogen-bond donors (Lipinski definition) is 0. The third-order valence-electron chi connectivity index (χ3n) is 9.77. The summed E-state index contributed by atoms with van der Waals surface area (Å²) >= 11 is 6.78. The summed E-state index contributed by atoms with van der Waals surface area (Å²) in [7, 11) is 0.283.